The van der Waals surface area contributed by atoms with Gasteiger partial charge in [-0.2, -0.15) is 0 Å². The predicted octanol–water partition coefficient (Wildman–Crippen LogP) is 3.16. The summed E-state index contributed by atoms with van der Waals surface area (Å²) in [5.41, 5.74) is 7.56. The molecule has 4 nitrogen and oxygen atoms in total. The summed E-state index contributed by atoms with van der Waals surface area (Å²) < 4.78 is 40.4. The van der Waals surface area contributed by atoms with Gasteiger partial charge in [0.1, 0.15) is 5.82 Å². The maximum atomic E-state index is 13.2. The second-order valence-electron chi connectivity index (χ2n) is 4.53. The van der Waals surface area contributed by atoms with E-state index in [-0.39, 0.29) is 21.6 Å². The summed E-state index contributed by atoms with van der Waals surface area (Å²) in [4.78, 5) is 0.119. The van der Waals surface area contributed by atoms with Crippen LogP contribution in [0.1, 0.15) is 11.1 Å². The number of aryl methyl sites for hydroxylation is 1. The molecule has 0 atom stereocenters. The minimum atomic E-state index is -3.74. The van der Waals surface area contributed by atoms with Crippen molar-refractivity contribution in [2.24, 2.45) is 5.73 Å². The number of benzene rings is 2. The SMILES string of the molecule is Cc1ccc(S(=O)(=O)Nc2ccc(F)c(Br)c2)cc1CN. The van der Waals surface area contributed by atoms with E-state index < -0.39 is 15.8 Å². The average Bonchev–Trinajstić information content (AvgIpc) is 2.43. The fraction of sp³-hybridized carbons (Fsp3) is 0.143. The first-order valence-electron chi connectivity index (χ1n) is 6.11. The number of anilines is 1. The highest BCUT2D eigenvalue weighted by molar-refractivity contribution is 9.10. The van der Waals surface area contributed by atoms with Crippen molar-refractivity contribution in [3.63, 3.8) is 0 Å². The van der Waals surface area contributed by atoms with Crippen LogP contribution in [0.15, 0.2) is 45.8 Å². The van der Waals surface area contributed by atoms with Crippen molar-refractivity contribution < 1.29 is 12.8 Å². The van der Waals surface area contributed by atoms with Gasteiger partial charge in [-0.25, -0.2) is 12.8 Å². The van der Waals surface area contributed by atoms with Gasteiger partial charge in [-0.15, -0.1) is 0 Å². The highest BCUT2D eigenvalue weighted by atomic mass is 79.9. The van der Waals surface area contributed by atoms with Crippen LogP contribution in [0.4, 0.5) is 10.1 Å². The van der Waals surface area contributed by atoms with Crippen molar-refractivity contribution in [2.45, 2.75) is 18.4 Å². The van der Waals surface area contributed by atoms with E-state index in [1.165, 1.54) is 30.3 Å². The van der Waals surface area contributed by atoms with Gasteiger partial charge in [0, 0.05) is 6.54 Å². The van der Waals surface area contributed by atoms with Gasteiger partial charge in [0.25, 0.3) is 10.0 Å². The summed E-state index contributed by atoms with van der Waals surface area (Å²) in [6.45, 7) is 2.13. The zero-order chi connectivity index (χ0) is 15.6. The van der Waals surface area contributed by atoms with Crippen LogP contribution in [0.5, 0.6) is 0 Å². The molecule has 0 unspecified atom stereocenters. The van der Waals surface area contributed by atoms with Crippen LogP contribution in [-0.4, -0.2) is 8.42 Å². The van der Waals surface area contributed by atoms with Crippen LogP contribution in [0, 0.1) is 12.7 Å². The molecule has 0 amide bonds. The molecule has 2 aromatic rings. The highest BCUT2D eigenvalue weighted by Crippen LogP contribution is 2.23. The molecule has 112 valence electrons. The number of rotatable bonds is 4. The lowest BCUT2D eigenvalue weighted by atomic mass is 10.1. The van der Waals surface area contributed by atoms with Crippen molar-refractivity contribution in [3.05, 3.63) is 57.8 Å². The first-order valence-corrected chi connectivity index (χ1v) is 8.38. The molecular formula is C14H14BrFN2O2S. The third-order valence-electron chi connectivity index (χ3n) is 3.02. The van der Waals surface area contributed by atoms with E-state index in [1.807, 2.05) is 6.92 Å². The molecule has 0 fully saturated rings. The molecule has 21 heavy (non-hydrogen) atoms. The topological polar surface area (TPSA) is 72.2 Å². The summed E-state index contributed by atoms with van der Waals surface area (Å²) in [5.74, 6) is -0.460. The Hall–Kier alpha value is -1.44. The Bertz CT molecular complexity index is 779. The molecule has 0 radical (unpaired) electrons. The van der Waals surface area contributed by atoms with E-state index >= 15 is 0 Å². The lowest BCUT2D eigenvalue weighted by molar-refractivity contribution is 0.600. The quantitative estimate of drug-likeness (QED) is 0.865. The molecule has 2 rings (SSSR count). The van der Waals surface area contributed by atoms with Crippen molar-refractivity contribution >= 4 is 31.6 Å². The fourth-order valence-electron chi connectivity index (χ4n) is 1.81. The van der Waals surface area contributed by atoms with E-state index in [2.05, 4.69) is 20.7 Å². The Morgan fingerprint density at radius 3 is 2.57 bits per heavy atom. The summed E-state index contributed by atoms with van der Waals surface area (Å²) >= 11 is 3.02. The smallest absolute Gasteiger partial charge is 0.261 e. The van der Waals surface area contributed by atoms with Gasteiger partial charge in [0.15, 0.2) is 0 Å². The Kier molecular flexibility index (Phi) is 4.65. The average molecular weight is 373 g/mol. The largest absolute Gasteiger partial charge is 0.326 e. The van der Waals surface area contributed by atoms with Gasteiger partial charge in [-0.1, -0.05) is 6.07 Å². The molecule has 0 heterocycles. The second kappa shape index (κ2) is 6.13. The van der Waals surface area contributed by atoms with Crippen LogP contribution in [0.3, 0.4) is 0 Å². The minimum Gasteiger partial charge on any atom is -0.326 e. The molecule has 3 N–H and O–H groups in total. The summed E-state index contributed by atoms with van der Waals surface area (Å²) in [6, 6.07) is 8.66. The van der Waals surface area contributed by atoms with Crippen molar-refractivity contribution in [1.82, 2.24) is 0 Å². The van der Waals surface area contributed by atoms with Crippen LogP contribution in [0.25, 0.3) is 0 Å². The van der Waals surface area contributed by atoms with E-state index in [0.29, 0.717) is 0 Å². The second-order valence-corrected chi connectivity index (χ2v) is 7.06. The first-order chi connectivity index (χ1) is 9.83. The van der Waals surface area contributed by atoms with E-state index in [4.69, 9.17) is 5.73 Å². The van der Waals surface area contributed by atoms with Crippen LogP contribution in [-0.2, 0) is 16.6 Å². The predicted molar refractivity (Wildman–Crippen MR) is 84.0 cm³/mol. The normalized spacial score (nSPS) is 11.4. The number of halogens is 2. The summed E-state index contributed by atoms with van der Waals surface area (Å²) in [5, 5.41) is 0. The van der Waals surface area contributed by atoms with E-state index in [1.54, 1.807) is 6.07 Å². The molecule has 0 saturated carbocycles. The van der Waals surface area contributed by atoms with E-state index in [9.17, 15) is 12.8 Å². The number of sulfonamides is 1. The van der Waals surface area contributed by atoms with Crippen LogP contribution < -0.4 is 10.5 Å². The Morgan fingerprint density at radius 2 is 1.95 bits per heavy atom. The van der Waals surface area contributed by atoms with Crippen molar-refractivity contribution in [3.8, 4) is 0 Å². The van der Waals surface area contributed by atoms with Crippen molar-refractivity contribution in [2.75, 3.05) is 4.72 Å². The molecular weight excluding hydrogens is 359 g/mol. The lowest BCUT2D eigenvalue weighted by Crippen LogP contribution is -2.14. The van der Waals surface area contributed by atoms with Gasteiger partial charge < -0.3 is 5.73 Å². The van der Waals surface area contributed by atoms with Gasteiger partial charge in [0.05, 0.1) is 15.1 Å². The van der Waals surface area contributed by atoms with Crippen LogP contribution >= 0.6 is 15.9 Å². The van der Waals surface area contributed by atoms with Crippen LogP contribution in [0.2, 0.25) is 0 Å². The zero-order valence-corrected chi connectivity index (χ0v) is 13.6. The Labute approximate surface area is 131 Å². The van der Waals surface area contributed by atoms with Gasteiger partial charge in [-0.3, -0.25) is 4.72 Å². The van der Waals surface area contributed by atoms with Gasteiger partial charge >= 0.3 is 0 Å². The molecule has 0 bridgehead atoms. The molecule has 0 saturated heterocycles. The lowest BCUT2D eigenvalue weighted by Gasteiger charge is -2.11. The fourth-order valence-corrected chi connectivity index (χ4v) is 3.29. The Morgan fingerprint density at radius 1 is 1.24 bits per heavy atom. The number of nitrogens with one attached hydrogen (secondary N) is 1. The summed E-state index contributed by atoms with van der Waals surface area (Å²) in [7, 11) is -3.74. The number of nitrogens with two attached hydrogens (primary N) is 1. The van der Waals surface area contributed by atoms with Gasteiger partial charge in [-0.05, 0) is 64.3 Å². The first kappa shape index (κ1) is 15.9. The Balaban J connectivity index is 2.35. The molecule has 7 heteroatoms. The van der Waals surface area contributed by atoms with Gasteiger partial charge in [0.2, 0.25) is 0 Å². The molecule has 0 aliphatic heterocycles. The standard InChI is InChI=1S/C14H14BrFN2O2S/c1-9-2-4-12(6-10(9)8-17)21(19,20)18-11-3-5-14(16)13(15)7-11/h2-7,18H,8,17H2,1H3. The monoisotopic (exact) mass is 372 g/mol. The maximum absolute atomic E-state index is 13.2. The number of hydrogen-bond acceptors (Lipinski definition) is 3. The third kappa shape index (κ3) is 3.61. The maximum Gasteiger partial charge on any atom is 0.261 e. The molecule has 2 aromatic carbocycles. The molecule has 0 spiro atoms. The minimum absolute atomic E-state index is 0.119. The van der Waals surface area contributed by atoms with E-state index in [0.717, 1.165) is 11.1 Å². The van der Waals surface area contributed by atoms with Crippen molar-refractivity contribution in [1.29, 1.82) is 0 Å². The third-order valence-corrected chi connectivity index (χ3v) is 5.01. The highest BCUT2D eigenvalue weighted by Gasteiger charge is 2.16. The summed E-state index contributed by atoms with van der Waals surface area (Å²) in [6.07, 6.45) is 0. The zero-order valence-electron chi connectivity index (χ0n) is 11.2. The molecule has 0 aromatic heterocycles. The molecule has 0 aliphatic rings. The molecule has 0 aliphatic carbocycles. The number of hydrogen-bond donors (Lipinski definition) is 2.